The van der Waals surface area contributed by atoms with Gasteiger partial charge in [0.1, 0.15) is 42.0 Å². The summed E-state index contributed by atoms with van der Waals surface area (Å²) >= 11 is 0. The number of carbonyl (C=O) groups excluding carboxylic acids is 6. The van der Waals surface area contributed by atoms with E-state index in [1.807, 2.05) is 0 Å². The Balaban J connectivity index is 1.51. The van der Waals surface area contributed by atoms with Gasteiger partial charge < -0.3 is 57.9 Å². The summed E-state index contributed by atoms with van der Waals surface area (Å²) in [5.74, 6) is -6.49. The molecule has 0 saturated carbocycles. The van der Waals surface area contributed by atoms with Crippen LogP contribution in [0.3, 0.4) is 0 Å². The number of aliphatic hydroxyl groups is 1. The van der Waals surface area contributed by atoms with E-state index in [4.69, 9.17) is 11.5 Å². The third-order valence-corrected chi connectivity index (χ3v) is 9.20. The number of carboxylic acid groups (broad SMARTS) is 1. The lowest BCUT2D eigenvalue weighted by atomic mass is 10.0. The van der Waals surface area contributed by atoms with E-state index in [2.05, 4.69) is 31.2 Å². The Morgan fingerprint density at radius 2 is 1.45 bits per heavy atom. The van der Waals surface area contributed by atoms with Crippen LogP contribution in [0.2, 0.25) is 0 Å². The van der Waals surface area contributed by atoms with E-state index >= 15 is 0 Å². The largest absolute Gasteiger partial charge is 0.508 e. The van der Waals surface area contributed by atoms with E-state index in [0.717, 1.165) is 0 Å². The monoisotopic (exact) mass is 777 g/mol. The van der Waals surface area contributed by atoms with Gasteiger partial charge in [0.15, 0.2) is 0 Å². The van der Waals surface area contributed by atoms with E-state index in [-0.39, 0.29) is 38.0 Å². The Labute approximate surface area is 321 Å². The molecule has 7 atom stereocenters. The quantitative estimate of drug-likeness (QED) is 0.0617. The van der Waals surface area contributed by atoms with Crippen molar-refractivity contribution >= 4 is 41.4 Å². The third-order valence-electron chi connectivity index (χ3n) is 9.20. The highest BCUT2D eigenvalue weighted by atomic mass is 16.4. The molecule has 3 aromatic rings. The molecule has 0 radical (unpaired) electrons. The molecule has 56 heavy (non-hydrogen) atoms. The van der Waals surface area contributed by atoms with Gasteiger partial charge in [-0.25, -0.2) is 9.78 Å². The number of H-pyrrole nitrogens is 1. The molecule has 2 heterocycles. The second-order valence-electron chi connectivity index (χ2n) is 13.6. The first kappa shape index (κ1) is 42.4. The van der Waals surface area contributed by atoms with Gasteiger partial charge in [-0.15, -0.1) is 0 Å². The zero-order valence-corrected chi connectivity index (χ0v) is 30.6. The molecule has 12 N–H and O–H groups in total. The lowest BCUT2D eigenvalue weighted by Crippen LogP contribution is -2.60. The van der Waals surface area contributed by atoms with Crippen LogP contribution in [0.5, 0.6) is 5.75 Å². The minimum absolute atomic E-state index is 0.0347. The SMILES string of the molecule is C[C@@H](O)[C@H](N)C(=O)N[C@@H](Cc1ccccc1)C(=O)N1CCC[C@H]1C(=O)N[C@@H](CC(N)=O)C(=O)N[C@@H](Cc1cnc[nH]1)C(=O)N[C@@H](Cc1ccc(O)cc1)C(=O)O. The summed E-state index contributed by atoms with van der Waals surface area (Å²) in [5, 5.41) is 39.3. The van der Waals surface area contributed by atoms with Gasteiger partial charge in [0, 0.05) is 37.7 Å². The van der Waals surface area contributed by atoms with Crippen LogP contribution < -0.4 is 32.7 Å². The molecule has 0 bridgehead atoms. The molecule has 1 aliphatic rings. The average Bonchev–Trinajstić information content (AvgIpc) is 3.87. The van der Waals surface area contributed by atoms with Crippen LogP contribution in [0.25, 0.3) is 0 Å². The maximum atomic E-state index is 14.0. The molecule has 4 rings (SSSR count). The number of carboxylic acids is 1. The molecule has 19 heteroatoms. The first-order valence-corrected chi connectivity index (χ1v) is 17.9. The fourth-order valence-electron chi connectivity index (χ4n) is 6.16. The molecule has 6 amide bonds. The number of benzene rings is 2. The summed E-state index contributed by atoms with van der Waals surface area (Å²) in [5.41, 5.74) is 12.8. The van der Waals surface area contributed by atoms with Crippen molar-refractivity contribution in [3.63, 3.8) is 0 Å². The second-order valence-corrected chi connectivity index (χ2v) is 13.6. The lowest BCUT2D eigenvalue weighted by molar-refractivity contribution is -0.143. The second kappa shape index (κ2) is 19.8. The summed E-state index contributed by atoms with van der Waals surface area (Å²) in [4.78, 5) is 100. The number of nitrogens with zero attached hydrogens (tertiary/aromatic N) is 2. The number of primary amides is 1. The van der Waals surface area contributed by atoms with Gasteiger partial charge in [-0.1, -0.05) is 42.5 Å². The number of nitrogens with two attached hydrogens (primary N) is 2. The van der Waals surface area contributed by atoms with Crippen LogP contribution in [0.1, 0.15) is 43.0 Å². The van der Waals surface area contributed by atoms with Gasteiger partial charge >= 0.3 is 5.97 Å². The Hall–Kier alpha value is -6.34. The standard InChI is InChI=1S/C37H47N9O10/c1-20(47)31(39)35(53)44-27(14-21-6-3-2-4-7-21)36(54)46-13-5-8-29(46)34(52)43-26(17-30(38)49)33(51)42-25(16-23-18-40-19-41-23)32(50)45-28(37(55)56)15-22-9-11-24(48)12-10-22/h2-4,6-7,9-12,18-20,25-29,31,47-48H,5,8,13-17,39H2,1H3,(H2,38,49)(H,40,41)(H,42,51)(H,43,52)(H,44,53)(H,45,50)(H,55,56)/t20-,25+,26+,27+,28+,29+,31+/m1/s1. The molecule has 1 saturated heterocycles. The number of imidazole rings is 1. The van der Waals surface area contributed by atoms with E-state index in [1.54, 1.807) is 30.3 Å². The van der Waals surface area contributed by atoms with Crippen LogP contribution in [0, 0.1) is 0 Å². The topological polar surface area (TPSA) is 312 Å². The predicted octanol–water partition coefficient (Wildman–Crippen LogP) is -2.26. The number of hydrogen-bond acceptors (Lipinski definition) is 11. The van der Waals surface area contributed by atoms with Crippen molar-refractivity contribution in [2.45, 2.75) is 87.8 Å². The number of aliphatic carboxylic acids is 1. The third kappa shape index (κ3) is 12.1. The number of aromatic amines is 1. The number of carbonyl (C=O) groups is 7. The number of nitrogens with one attached hydrogen (secondary N) is 5. The smallest absolute Gasteiger partial charge is 0.326 e. The highest BCUT2D eigenvalue weighted by Gasteiger charge is 2.40. The summed E-state index contributed by atoms with van der Waals surface area (Å²) < 4.78 is 0. The van der Waals surface area contributed by atoms with Crippen LogP contribution in [-0.2, 0) is 52.8 Å². The fourth-order valence-corrected chi connectivity index (χ4v) is 6.16. The molecule has 1 aliphatic heterocycles. The van der Waals surface area contributed by atoms with E-state index in [0.29, 0.717) is 23.2 Å². The first-order chi connectivity index (χ1) is 26.6. The molecule has 19 nitrogen and oxygen atoms in total. The van der Waals surface area contributed by atoms with Gasteiger partial charge in [0.05, 0.1) is 18.9 Å². The molecule has 0 spiro atoms. The minimum atomic E-state index is -1.62. The zero-order valence-electron chi connectivity index (χ0n) is 30.6. The summed E-state index contributed by atoms with van der Waals surface area (Å²) in [6.45, 7) is 1.45. The zero-order chi connectivity index (χ0) is 40.9. The van der Waals surface area contributed by atoms with Crippen LogP contribution >= 0.6 is 0 Å². The minimum Gasteiger partial charge on any atom is -0.508 e. The van der Waals surface area contributed by atoms with Crippen molar-refractivity contribution in [3.8, 4) is 5.75 Å². The molecule has 2 aromatic carbocycles. The van der Waals surface area contributed by atoms with Crippen molar-refractivity contribution in [3.05, 3.63) is 83.9 Å². The number of aromatic hydroxyl groups is 1. The highest BCUT2D eigenvalue weighted by Crippen LogP contribution is 2.21. The van der Waals surface area contributed by atoms with Crippen LogP contribution in [-0.4, -0.2) is 120 Å². The normalized spacial score (nSPS) is 17.0. The average molecular weight is 778 g/mol. The maximum Gasteiger partial charge on any atom is 0.326 e. The first-order valence-electron chi connectivity index (χ1n) is 17.9. The maximum absolute atomic E-state index is 14.0. The Kier molecular flexibility index (Phi) is 15.0. The summed E-state index contributed by atoms with van der Waals surface area (Å²) in [7, 11) is 0. The molecule has 0 unspecified atom stereocenters. The lowest BCUT2D eigenvalue weighted by Gasteiger charge is -2.30. The Bertz CT molecular complexity index is 1840. The number of likely N-dealkylation sites (tertiary alicyclic amines) is 1. The molecule has 300 valence electrons. The van der Waals surface area contributed by atoms with Gasteiger partial charge in [-0.05, 0) is 43.0 Å². The number of phenols is 1. The highest BCUT2D eigenvalue weighted by molar-refractivity contribution is 5.98. The van der Waals surface area contributed by atoms with E-state index in [1.165, 1.54) is 48.6 Å². The fraction of sp³-hybridized carbons (Fsp3) is 0.405. The molecule has 1 aromatic heterocycles. The van der Waals surface area contributed by atoms with Crippen LogP contribution in [0.15, 0.2) is 67.1 Å². The molecule has 1 fully saturated rings. The Morgan fingerprint density at radius 3 is 2.05 bits per heavy atom. The van der Waals surface area contributed by atoms with Gasteiger partial charge in [0.2, 0.25) is 35.4 Å². The number of aliphatic hydroxyl groups excluding tert-OH is 1. The van der Waals surface area contributed by atoms with Gasteiger partial charge in [-0.2, -0.15) is 0 Å². The molecular weight excluding hydrogens is 730 g/mol. The van der Waals surface area contributed by atoms with Crippen molar-refractivity contribution in [2.75, 3.05) is 6.54 Å². The summed E-state index contributed by atoms with van der Waals surface area (Å²) in [6.07, 6.45) is 1.05. The van der Waals surface area contributed by atoms with E-state index in [9.17, 15) is 48.9 Å². The number of phenolic OH excluding ortho intramolecular Hbond substituents is 1. The number of hydrogen-bond donors (Lipinski definition) is 10. The van der Waals surface area contributed by atoms with Gasteiger partial charge in [-0.3, -0.25) is 28.8 Å². The van der Waals surface area contributed by atoms with Crippen molar-refractivity contribution in [1.29, 1.82) is 0 Å². The van der Waals surface area contributed by atoms with E-state index < -0.39 is 90.2 Å². The molecular formula is C37H47N9O10. The summed E-state index contributed by atoms with van der Waals surface area (Å²) in [6, 6.07) is 6.34. The number of rotatable bonds is 19. The predicted molar refractivity (Wildman–Crippen MR) is 198 cm³/mol. The van der Waals surface area contributed by atoms with Crippen LogP contribution in [0.4, 0.5) is 0 Å². The molecule has 0 aliphatic carbocycles. The number of amides is 6. The van der Waals surface area contributed by atoms with Gasteiger partial charge in [0.25, 0.3) is 0 Å². The van der Waals surface area contributed by atoms with Crippen molar-refractivity contribution < 1.29 is 48.9 Å². The Morgan fingerprint density at radius 1 is 0.839 bits per heavy atom. The van der Waals surface area contributed by atoms with Crippen molar-refractivity contribution in [2.24, 2.45) is 11.5 Å². The van der Waals surface area contributed by atoms with Crippen molar-refractivity contribution in [1.82, 2.24) is 36.1 Å². The number of aromatic nitrogens is 2.